The lowest BCUT2D eigenvalue weighted by Gasteiger charge is -2.00. The van der Waals surface area contributed by atoms with Crippen molar-refractivity contribution in [1.29, 1.82) is 0 Å². The lowest BCUT2D eigenvalue weighted by Crippen LogP contribution is -1.86. The maximum atomic E-state index is 12.7. The molecular weight excluding hydrogens is 265 g/mol. The summed E-state index contributed by atoms with van der Waals surface area (Å²) >= 11 is 7.65. The van der Waals surface area contributed by atoms with E-state index in [0.29, 0.717) is 8.59 Å². The van der Waals surface area contributed by atoms with E-state index in [1.165, 1.54) is 6.07 Å². The second-order valence-electron chi connectivity index (χ2n) is 1.97. The van der Waals surface area contributed by atoms with Crippen LogP contribution in [0, 0.1) is 16.3 Å². The summed E-state index contributed by atoms with van der Waals surface area (Å²) in [6, 6.07) is 2.94. The smallest absolute Gasteiger partial charge is 0.136 e. The number of halogens is 3. The van der Waals surface area contributed by atoms with Gasteiger partial charge in [-0.15, -0.1) is 0 Å². The highest BCUT2D eigenvalue weighted by atomic mass is 127. The Labute approximate surface area is 77.5 Å². The first kappa shape index (κ1) is 8.27. The summed E-state index contributed by atoms with van der Waals surface area (Å²) in [5.74, 6) is -0.206. The SMILES string of the molecule is Cc1c(Cl)ccc(F)c1I. The van der Waals surface area contributed by atoms with Gasteiger partial charge in [0.05, 0.1) is 3.57 Å². The molecule has 0 aromatic heterocycles. The van der Waals surface area contributed by atoms with E-state index in [2.05, 4.69) is 0 Å². The summed E-state index contributed by atoms with van der Waals surface area (Å²) < 4.78 is 13.3. The molecule has 0 saturated heterocycles. The van der Waals surface area contributed by atoms with Crippen LogP contribution in [0.3, 0.4) is 0 Å². The molecule has 0 amide bonds. The molecule has 0 aliphatic carbocycles. The molecule has 0 N–H and O–H groups in total. The molecule has 1 aromatic rings. The Morgan fingerprint density at radius 3 is 2.60 bits per heavy atom. The van der Waals surface area contributed by atoms with E-state index in [4.69, 9.17) is 11.6 Å². The van der Waals surface area contributed by atoms with E-state index in [-0.39, 0.29) is 5.82 Å². The highest BCUT2D eigenvalue weighted by Gasteiger charge is 2.03. The van der Waals surface area contributed by atoms with Crippen molar-refractivity contribution in [2.75, 3.05) is 0 Å². The Morgan fingerprint density at radius 2 is 2.10 bits per heavy atom. The summed E-state index contributed by atoms with van der Waals surface area (Å²) in [6.07, 6.45) is 0. The van der Waals surface area contributed by atoms with Gasteiger partial charge in [-0.1, -0.05) is 11.6 Å². The van der Waals surface area contributed by atoms with Crippen LogP contribution in [0.4, 0.5) is 4.39 Å². The van der Waals surface area contributed by atoms with Gasteiger partial charge in [0.2, 0.25) is 0 Å². The molecule has 0 nitrogen and oxygen atoms in total. The van der Waals surface area contributed by atoms with E-state index < -0.39 is 0 Å². The van der Waals surface area contributed by atoms with Gasteiger partial charge < -0.3 is 0 Å². The molecule has 0 aliphatic heterocycles. The molecule has 1 rings (SSSR count). The summed E-state index contributed by atoms with van der Waals surface area (Å²) in [5, 5.41) is 0.616. The highest BCUT2D eigenvalue weighted by molar-refractivity contribution is 14.1. The average molecular weight is 270 g/mol. The Bertz CT molecular complexity index is 233. The standard InChI is InChI=1S/C7H5ClFI/c1-4-5(8)2-3-6(9)7(4)10/h2-3H,1H3. The van der Waals surface area contributed by atoms with Crippen molar-refractivity contribution in [3.63, 3.8) is 0 Å². The maximum Gasteiger partial charge on any atom is 0.136 e. The molecule has 0 aliphatic rings. The van der Waals surface area contributed by atoms with Crippen molar-refractivity contribution < 1.29 is 4.39 Å². The van der Waals surface area contributed by atoms with Crippen molar-refractivity contribution >= 4 is 34.2 Å². The first-order valence-electron chi connectivity index (χ1n) is 2.73. The van der Waals surface area contributed by atoms with Crippen molar-refractivity contribution in [2.24, 2.45) is 0 Å². The Morgan fingerprint density at radius 1 is 1.50 bits per heavy atom. The Balaban J connectivity index is 3.34. The monoisotopic (exact) mass is 270 g/mol. The van der Waals surface area contributed by atoms with Gasteiger partial charge in [-0.2, -0.15) is 0 Å². The van der Waals surface area contributed by atoms with Crippen LogP contribution < -0.4 is 0 Å². The predicted molar refractivity (Wildman–Crippen MR) is 48.9 cm³/mol. The third kappa shape index (κ3) is 1.42. The number of rotatable bonds is 0. The Hall–Kier alpha value is 0.170. The van der Waals surface area contributed by atoms with Gasteiger partial charge in [0.1, 0.15) is 5.82 Å². The Kier molecular flexibility index (Phi) is 2.52. The van der Waals surface area contributed by atoms with Gasteiger partial charge in [-0.3, -0.25) is 0 Å². The minimum Gasteiger partial charge on any atom is -0.206 e. The lowest BCUT2D eigenvalue weighted by molar-refractivity contribution is 0.619. The average Bonchev–Trinajstić information content (AvgIpc) is 1.93. The minimum atomic E-state index is -0.206. The molecule has 0 unspecified atom stereocenters. The second-order valence-corrected chi connectivity index (χ2v) is 3.45. The van der Waals surface area contributed by atoms with Gasteiger partial charge >= 0.3 is 0 Å². The van der Waals surface area contributed by atoms with Crippen LogP contribution >= 0.6 is 34.2 Å². The number of hydrogen-bond acceptors (Lipinski definition) is 0. The van der Waals surface area contributed by atoms with Crippen LogP contribution in [0.25, 0.3) is 0 Å². The fourth-order valence-corrected chi connectivity index (χ4v) is 1.42. The van der Waals surface area contributed by atoms with Crippen LogP contribution in [0.1, 0.15) is 5.56 Å². The normalized spacial score (nSPS) is 10.0. The lowest BCUT2D eigenvalue weighted by atomic mass is 10.2. The third-order valence-corrected chi connectivity index (χ3v) is 3.01. The summed E-state index contributed by atoms with van der Waals surface area (Å²) in [6.45, 7) is 1.80. The molecule has 10 heavy (non-hydrogen) atoms. The van der Waals surface area contributed by atoms with E-state index >= 15 is 0 Å². The van der Waals surface area contributed by atoms with Crippen LogP contribution in [-0.2, 0) is 0 Å². The molecule has 0 fully saturated rings. The third-order valence-electron chi connectivity index (χ3n) is 1.27. The fraction of sp³-hybridized carbons (Fsp3) is 0.143. The fourth-order valence-electron chi connectivity index (χ4n) is 0.628. The van der Waals surface area contributed by atoms with Gasteiger partial charge in [-0.05, 0) is 47.2 Å². The zero-order valence-corrected chi connectivity index (χ0v) is 8.20. The molecule has 3 heteroatoms. The zero-order chi connectivity index (χ0) is 7.72. The molecule has 0 atom stereocenters. The molecule has 1 aromatic carbocycles. The molecule has 0 radical (unpaired) electrons. The van der Waals surface area contributed by atoms with E-state index in [1.807, 2.05) is 22.6 Å². The van der Waals surface area contributed by atoms with Crippen LogP contribution in [0.5, 0.6) is 0 Å². The molecular formula is C7H5ClFI. The second kappa shape index (κ2) is 3.05. The van der Waals surface area contributed by atoms with Crippen LogP contribution in [0.15, 0.2) is 12.1 Å². The summed E-state index contributed by atoms with van der Waals surface area (Å²) in [7, 11) is 0. The topological polar surface area (TPSA) is 0 Å². The van der Waals surface area contributed by atoms with Gasteiger partial charge in [0.15, 0.2) is 0 Å². The molecule has 54 valence electrons. The first-order valence-corrected chi connectivity index (χ1v) is 4.18. The van der Waals surface area contributed by atoms with Crippen LogP contribution in [0.2, 0.25) is 5.02 Å². The molecule has 0 bridgehead atoms. The highest BCUT2D eigenvalue weighted by Crippen LogP contribution is 2.22. The largest absolute Gasteiger partial charge is 0.206 e. The number of benzene rings is 1. The molecule has 0 saturated carbocycles. The van der Waals surface area contributed by atoms with Crippen molar-refractivity contribution in [3.8, 4) is 0 Å². The predicted octanol–water partition coefficient (Wildman–Crippen LogP) is 3.39. The maximum absolute atomic E-state index is 12.7. The van der Waals surface area contributed by atoms with Gasteiger partial charge in [0.25, 0.3) is 0 Å². The minimum absolute atomic E-state index is 0.206. The van der Waals surface area contributed by atoms with E-state index in [0.717, 1.165) is 5.56 Å². The number of hydrogen-bond donors (Lipinski definition) is 0. The van der Waals surface area contributed by atoms with Gasteiger partial charge in [0, 0.05) is 5.02 Å². The van der Waals surface area contributed by atoms with Crippen LogP contribution in [-0.4, -0.2) is 0 Å². The molecule has 0 spiro atoms. The van der Waals surface area contributed by atoms with E-state index in [9.17, 15) is 4.39 Å². The zero-order valence-electron chi connectivity index (χ0n) is 5.29. The quantitative estimate of drug-likeness (QED) is 0.501. The van der Waals surface area contributed by atoms with Crippen molar-refractivity contribution in [1.82, 2.24) is 0 Å². The molecule has 0 heterocycles. The summed E-state index contributed by atoms with van der Waals surface area (Å²) in [4.78, 5) is 0. The van der Waals surface area contributed by atoms with Crippen molar-refractivity contribution in [3.05, 3.63) is 32.1 Å². The van der Waals surface area contributed by atoms with Gasteiger partial charge in [-0.25, -0.2) is 4.39 Å². The van der Waals surface area contributed by atoms with E-state index in [1.54, 1.807) is 13.0 Å². The van der Waals surface area contributed by atoms with Crippen molar-refractivity contribution in [2.45, 2.75) is 6.92 Å². The first-order chi connectivity index (χ1) is 4.63. The summed E-state index contributed by atoms with van der Waals surface area (Å²) in [5.41, 5.74) is 0.808.